The number of nitrogens with zero attached hydrogens (tertiary/aromatic N) is 1. The molecular formula is C17H22N2O2. The number of nitrogens with one attached hydrogen (secondary N) is 1. The molecule has 0 aliphatic carbocycles. The maximum absolute atomic E-state index is 5.81. The van der Waals surface area contributed by atoms with Crippen LogP contribution in [-0.2, 0) is 4.74 Å². The highest BCUT2D eigenvalue weighted by atomic mass is 16.5. The van der Waals surface area contributed by atoms with Gasteiger partial charge in [0.25, 0.3) is 0 Å². The molecule has 1 fully saturated rings. The third-order valence-electron chi connectivity index (χ3n) is 3.93. The van der Waals surface area contributed by atoms with Crippen molar-refractivity contribution in [3.63, 3.8) is 0 Å². The number of rotatable bonds is 5. The lowest BCUT2D eigenvalue weighted by molar-refractivity contribution is 0.00598. The smallest absolute Gasteiger partial charge is 0.181 e. The molecule has 3 rings (SSSR count). The minimum atomic E-state index is 0.402. The van der Waals surface area contributed by atoms with E-state index < -0.39 is 0 Å². The average Bonchev–Trinajstić information content (AvgIpc) is 3.03. The summed E-state index contributed by atoms with van der Waals surface area (Å²) in [6, 6.07) is 8.79. The van der Waals surface area contributed by atoms with E-state index in [4.69, 9.17) is 9.15 Å². The van der Waals surface area contributed by atoms with Crippen LogP contribution in [-0.4, -0.2) is 23.7 Å². The largest absolute Gasteiger partial charge is 0.444 e. The Kier molecular flexibility index (Phi) is 4.55. The van der Waals surface area contributed by atoms with Crippen LogP contribution >= 0.6 is 0 Å². The lowest BCUT2D eigenvalue weighted by Crippen LogP contribution is -2.33. The standard InChI is InChI=1S/C17H22N2O2/c1-2-4-16-10-15(7-8-20-16)19-14-6-3-5-13(9-14)17-11-18-12-21-17/h3,5-6,9,11-12,15-16,19H,2,4,7-8,10H2,1H3. The molecule has 0 saturated carbocycles. The Morgan fingerprint density at radius 2 is 2.33 bits per heavy atom. The van der Waals surface area contributed by atoms with Crippen molar-refractivity contribution in [2.45, 2.75) is 44.8 Å². The maximum atomic E-state index is 5.81. The third-order valence-corrected chi connectivity index (χ3v) is 3.93. The molecule has 1 saturated heterocycles. The number of oxazole rings is 1. The lowest BCUT2D eigenvalue weighted by Gasteiger charge is -2.30. The van der Waals surface area contributed by atoms with E-state index in [0.717, 1.165) is 42.9 Å². The zero-order valence-electron chi connectivity index (χ0n) is 12.4. The molecule has 0 spiro atoms. The van der Waals surface area contributed by atoms with E-state index in [0.29, 0.717) is 12.1 Å². The van der Waals surface area contributed by atoms with E-state index in [2.05, 4.69) is 29.4 Å². The van der Waals surface area contributed by atoms with Crippen LogP contribution < -0.4 is 5.32 Å². The van der Waals surface area contributed by atoms with E-state index in [1.165, 1.54) is 12.8 Å². The molecule has 4 heteroatoms. The molecule has 4 nitrogen and oxygen atoms in total. The van der Waals surface area contributed by atoms with Gasteiger partial charge in [0, 0.05) is 23.9 Å². The normalized spacial score (nSPS) is 22.1. The van der Waals surface area contributed by atoms with Gasteiger partial charge in [0.15, 0.2) is 12.2 Å². The summed E-state index contributed by atoms with van der Waals surface area (Å²) in [7, 11) is 0. The first-order valence-electron chi connectivity index (χ1n) is 7.72. The second-order valence-corrected chi connectivity index (χ2v) is 5.59. The average molecular weight is 286 g/mol. The fraction of sp³-hybridized carbons (Fsp3) is 0.471. The summed E-state index contributed by atoms with van der Waals surface area (Å²) < 4.78 is 11.2. The van der Waals surface area contributed by atoms with Gasteiger partial charge in [-0.3, -0.25) is 0 Å². The fourth-order valence-electron chi connectivity index (χ4n) is 2.89. The summed E-state index contributed by atoms with van der Waals surface area (Å²) in [5.41, 5.74) is 2.18. The molecule has 2 atom stereocenters. The van der Waals surface area contributed by atoms with E-state index in [-0.39, 0.29) is 0 Å². The first-order valence-corrected chi connectivity index (χ1v) is 7.72. The highest BCUT2D eigenvalue weighted by Gasteiger charge is 2.21. The van der Waals surface area contributed by atoms with Gasteiger partial charge in [0.05, 0.1) is 12.3 Å². The first kappa shape index (κ1) is 14.1. The summed E-state index contributed by atoms with van der Waals surface area (Å²) in [4.78, 5) is 3.97. The molecule has 1 aliphatic heterocycles. The van der Waals surface area contributed by atoms with E-state index in [1.807, 2.05) is 12.1 Å². The van der Waals surface area contributed by atoms with Crippen LogP contribution in [0.25, 0.3) is 11.3 Å². The van der Waals surface area contributed by atoms with Crippen LogP contribution in [0.3, 0.4) is 0 Å². The molecule has 0 radical (unpaired) electrons. The number of hydrogen-bond acceptors (Lipinski definition) is 4. The van der Waals surface area contributed by atoms with Gasteiger partial charge in [-0.15, -0.1) is 0 Å². The monoisotopic (exact) mass is 286 g/mol. The SMILES string of the molecule is CCCC1CC(Nc2cccc(-c3cnco3)c2)CCO1. The lowest BCUT2D eigenvalue weighted by atomic mass is 9.99. The number of anilines is 1. The molecule has 0 amide bonds. The highest BCUT2D eigenvalue weighted by molar-refractivity contribution is 5.63. The molecule has 2 heterocycles. The Morgan fingerprint density at radius 1 is 1.38 bits per heavy atom. The van der Waals surface area contributed by atoms with E-state index in [1.54, 1.807) is 6.20 Å². The third kappa shape index (κ3) is 3.64. The molecule has 112 valence electrons. The Hall–Kier alpha value is -1.81. The van der Waals surface area contributed by atoms with Crippen LogP contribution in [0.4, 0.5) is 5.69 Å². The minimum absolute atomic E-state index is 0.402. The number of benzene rings is 1. The maximum Gasteiger partial charge on any atom is 0.181 e. The quantitative estimate of drug-likeness (QED) is 0.899. The van der Waals surface area contributed by atoms with Crippen molar-refractivity contribution in [2.24, 2.45) is 0 Å². The Labute approximate surface area is 125 Å². The van der Waals surface area contributed by atoms with Crippen molar-refractivity contribution in [1.82, 2.24) is 4.98 Å². The van der Waals surface area contributed by atoms with Gasteiger partial charge in [-0.05, 0) is 31.4 Å². The van der Waals surface area contributed by atoms with Crippen molar-refractivity contribution in [3.8, 4) is 11.3 Å². The number of ether oxygens (including phenoxy) is 1. The van der Waals surface area contributed by atoms with Gasteiger partial charge in [0.1, 0.15) is 0 Å². The van der Waals surface area contributed by atoms with Crippen LogP contribution in [0, 0.1) is 0 Å². The molecule has 0 bridgehead atoms. The van der Waals surface area contributed by atoms with Crippen molar-refractivity contribution in [1.29, 1.82) is 0 Å². The van der Waals surface area contributed by atoms with Crippen LogP contribution in [0.2, 0.25) is 0 Å². The zero-order chi connectivity index (χ0) is 14.5. The molecule has 21 heavy (non-hydrogen) atoms. The molecule has 2 aromatic rings. The van der Waals surface area contributed by atoms with Crippen molar-refractivity contribution >= 4 is 5.69 Å². The zero-order valence-corrected chi connectivity index (χ0v) is 12.4. The molecule has 1 aromatic carbocycles. The minimum Gasteiger partial charge on any atom is -0.444 e. The van der Waals surface area contributed by atoms with Crippen LogP contribution in [0.1, 0.15) is 32.6 Å². The Morgan fingerprint density at radius 3 is 3.14 bits per heavy atom. The van der Waals surface area contributed by atoms with Gasteiger partial charge < -0.3 is 14.5 Å². The van der Waals surface area contributed by atoms with Gasteiger partial charge in [-0.1, -0.05) is 25.5 Å². The summed E-state index contributed by atoms with van der Waals surface area (Å²) in [5.74, 6) is 0.800. The Bertz CT molecular complexity index is 552. The number of aromatic nitrogens is 1. The van der Waals surface area contributed by atoms with Gasteiger partial charge >= 0.3 is 0 Å². The predicted octanol–water partition coefficient (Wildman–Crippen LogP) is 4.10. The summed E-state index contributed by atoms with van der Waals surface area (Å²) in [6.45, 7) is 3.06. The molecule has 2 unspecified atom stereocenters. The topological polar surface area (TPSA) is 47.3 Å². The number of hydrogen-bond donors (Lipinski definition) is 1. The van der Waals surface area contributed by atoms with Crippen molar-refractivity contribution < 1.29 is 9.15 Å². The second-order valence-electron chi connectivity index (χ2n) is 5.59. The fourth-order valence-corrected chi connectivity index (χ4v) is 2.89. The van der Waals surface area contributed by atoms with Crippen LogP contribution in [0.5, 0.6) is 0 Å². The molecule has 1 N–H and O–H groups in total. The summed E-state index contributed by atoms with van der Waals surface area (Å²) in [6.07, 6.45) is 8.08. The highest BCUT2D eigenvalue weighted by Crippen LogP contribution is 2.25. The summed E-state index contributed by atoms with van der Waals surface area (Å²) in [5, 5.41) is 3.63. The van der Waals surface area contributed by atoms with Crippen molar-refractivity contribution in [3.05, 3.63) is 36.9 Å². The van der Waals surface area contributed by atoms with Gasteiger partial charge in [-0.25, -0.2) is 4.98 Å². The first-order chi connectivity index (χ1) is 10.3. The molecular weight excluding hydrogens is 264 g/mol. The predicted molar refractivity (Wildman–Crippen MR) is 83.2 cm³/mol. The van der Waals surface area contributed by atoms with E-state index in [9.17, 15) is 0 Å². The van der Waals surface area contributed by atoms with Gasteiger partial charge in [-0.2, -0.15) is 0 Å². The second kappa shape index (κ2) is 6.76. The molecule has 1 aromatic heterocycles. The van der Waals surface area contributed by atoms with E-state index >= 15 is 0 Å². The Balaban J connectivity index is 1.66. The molecule has 1 aliphatic rings. The van der Waals surface area contributed by atoms with Crippen LogP contribution in [0.15, 0.2) is 41.3 Å². The van der Waals surface area contributed by atoms with Crippen molar-refractivity contribution in [2.75, 3.05) is 11.9 Å². The van der Waals surface area contributed by atoms with Gasteiger partial charge in [0.2, 0.25) is 0 Å². The summed E-state index contributed by atoms with van der Waals surface area (Å²) >= 11 is 0.